The lowest BCUT2D eigenvalue weighted by atomic mass is 10.2. The third-order valence-corrected chi connectivity index (χ3v) is 2.44. The van der Waals surface area contributed by atoms with E-state index in [2.05, 4.69) is 9.72 Å². The molecule has 0 amide bonds. The molecule has 1 heterocycles. The predicted molar refractivity (Wildman–Crippen MR) is 48.4 cm³/mol. The molecule has 0 radical (unpaired) electrons. The number of pyridine rings is 1. The maximum atomic E-state index is 12.7. The van der Waals surface area contributed by atoms with Crippen LogP contribution >= 0.6 is 22.6 Å². The molecule has 6 heteroatoms. The summed E-state index contributed by atoms with van der Waals surface area (Å²) < 4.78 is 41.9. The van der Waals surface area contributed by atoms with E-state index in [4.69, 9.17) is 0 Å². The Morgan fingerprint density at radius 2 is 2.15 bits per heavy atom. The molecule has 72 valence electrons. The summed E-state index contributed by atoms with van der Waals surface area (Å²) in [6.07, 6.45) is -1.82. The molecule has 0 unspecified atom stereocenters. The summed E-state index contributed by atoms with van der Waals surface area (Å²) in [6, 6.07) is 0. The first-order valence-corrected chi connectivity index (χ1v) is 4.31. The van der Waals surface area contributed by atoms with Crippen LogP contribution in [0.4, 0.5) is 13.2 Å². The number of alkyl halides is 2. The predicted octanol–water partition coefficient (Wildman–Crippen LogP) is 2.77. The molecule has 2 nitrogen and oxygen atoms in total. The van der Waals surface area contributed by atoms with E-state index in [1.807, 2.05) is 0 Å². The Morgan fingerprint density at radius 1 is 1.54 bits per heavy atom. The van der Waals surface area contributed by atoms with Crippen molar-refractivity contribution in [2.45, 2.75) is 6.43 Å². The Morgan fingerprint density at radius 3 is 2.62 bits per heavy atom. The van der Waals surface area contributed by atoms with Crippen molar-refractivity contribution in [2.24, 2.45) is 0 Å². The van der Waals surface area contributed by atoms with Crippen LogP contribution in [0.3, 0.4) is 0 Å². The number of ether oxygens (including phenoxy) is 1. The van der Waals surface area contributed by atoms with Crippen molar-refractivity contribution < 1.29 is 17.9 Å². The van der Waals surface area contributed by atoms with Crippen LogP contribution in [0, 0.1) is 9.52 Å². The van der Waals surface area contributed by atoms with Gasteiger partial charge in [0.2, 0.25) is 5.95 Å². The Labute approximate surface area is 86.3 Å². The van der Waals surface area contributed by atoms with Crippen molar-refractivity contribution >= 4 is 22.6 Å². The fourth-order valence-corrected chi connectivity index (χ4v) is 1.47. The maximum Gasteiger partial charge on any atom is 0.268 e. The number of nitrogens with zero attached hydrogens (tertiary/aromatic N) is 1. The van der Waals surface area contributed by atoms with Gasteiger partial charge in [-0.3, -0.25) is 0 Å². The molecule has 0 saturated carbocycles. The number of aromatic nitrogens is 1. The van der Waals surface area contributed by atoms with E-state index in [0.717, 1.165) is 6.20 Å². The molecule has 13 heavy (non-hydrogen) atoms. The molecule has 0 spiro atoms. The van der Waals surface area contributed by atoms with Crippen molar-refractivity contribution in [3.05, 3.63) is 21.3 Å². The number of rotatable bonds is 2. The van der Waals surface area contributed by atoms with Gasteiger partial charge in [-0.25, -0.2) is 13.8 Å². The first kappa shape index (κ1) is 10.6. The van der Waals surface area contributed by atoms with E-state index in [-0.39, 0.29) is 9.32 Å². The van der Waals surface area contributed by atoms with Crippen LogP contribution in [0.1, 0.15) is 12.0 Å². The lowest BCUT2D eigenvalue weighted by molar-refractivity contribution is 0.145. The Bertz CT molecular complexity index is 319. The van der Waals surface area contributed by atoms with Gasteiger partial charge in [0, 0.05) is 0 Å². The highest BCUT2D eigenvalue weighted by Crippen LogP contribution is 2.33. The molecular formula is C7H5F3INO. The monoisotopic (exact) mass is 303 g/mol. The van der Waals surface area contributed by atoms with Gasteiger partial charge in [0.05, 0.1) is 22.4 Å². The highest BCUT2D eigenvalue weighted by atomic mass is 127. The van der Waals surface area contributed by atoms with Crippen LogP contribution in [0.2, 0.25) is 0 Å². The molecule has 0 aliphatic heterocycles. The summed E-state index contributed by atoms with van der Waals surface area (Å²) >= 11 is 1.47. The van der Waals surface area contributed by atoms with Gasteiger partial charge in [-0.05, 0) is 22.6 Å². The van der Waals surface area contributed by atoms with Gasteiger partial charge in [0.25, 0.3) is 6.43 Å². The fraction of sp³-hybridized carbons (Fsp3) is 0.286. The van der Waals surface area contributed by atoms with E-state index in [1.54, 1.807) is 0 Å². The van der Waals surface area contributed by atoms with Crippen LogP contribution in [-0.4, -0.2) is 12.1 Å². The van der Waals surface area contributed by atoms with Gasteiger partial charge in [0.15, 0.2) is 0 Å². The molecule has 0 fully saturated rings. The third-order valence-electron chi connectivity index (χ3n) is 1.42. The average Bonchev–Trinajstić information content (AvgIpc) is 2.08. The number of hydrogen-bond acceptors (Lipinski definition) is 2. The zero-order chi connectivity index (χ0) is 10.0. The lowest BCUT2D eigenvalue weighted by Gasteiger charge is -2.08. The zero-order valence-corrected chi connectivity index (χ0v) is 8.68. The van der Waals surface area contributed by atoms with Crippen LogP contribution < -0.4 is 4.74 Å². The quantitative estimate of drug-likeness (QED) is 0.619. The molecule has 1 rings (SSSR count). The molecule has 0 atom stereocenters. The lowest BCUT2D eigenvalue weighted by Crippen LogP contribution is -2.00. The third kappa shape index (κ3) is 2.04. The smallest absolute Gasteiger partial charge is 0.268 e. The number of hydrogen-bond donors (Lipinski definition) is 0. The SMILES string of the molecule is COc1cnc(F)c(I)c1C(F)F. The van der Waals surface area contributed by atoms with Crippen LogP contribution in [0.5, 0.6) is 5.75 Å². The van der Waals surface area contributed by atoms with Crippen LogP contribution in [0.15, 0.2) is 6.20 Å². The van der Waals surface area contributed by atoms with Crippen molar-refractivity contribution in [3.8, 4) is 5.75 Å². The van der Waals surface area contributed by atoms with Gasteiger partial charge in [0.1, 0.15) is 5.75 Å². The topological polar surface area (TPSA) is 22.1 Å². The van der Waals surface area contributed by atoms with E-state index in [1.165, 1.54) is 29.7 Å². The molecule has 0 saturated heterocycles. The summed E-state index contributed by atoms with van der Waals surface area (Å²) in [5, 5.41) is 0. The second-order valence-corrected chi connectivity index (χ2v) is 3.22. The molecule has 0 N–H and O–H groups in total. The summed E-state index contributed by atoms with van der Waals surface area (Å²) in [7, 11) is 1.23. The van der Waals surface area contributed by atoms with Gasteiger partial charge >= 0.3 is 0 Å². The Kier molecular flexibility index (Phi) is 3.34. The van der Waals surface area contributed by atoms with Crippen molar-refractivity contribution in [1.82, 2.24) is 4.98 Å². The highest BCUT2D eigenvalue weighted by Gasteiger charge is 2.21. The van der Waals surface area contributed by atoms with Crippen molar-refractivity contribution in [2.75, 3.05) is 7.11 Å². The second kappa shape index (κ2) is 4.12. The summed E-state index contributed by atoms with van der Waals surface area (Å²) in [4.78, 5) is 3.26. The normalized spacial score (nSPS) is 10.6. The van der Waals surface area contributed by atoms with E-state index in [9.17, 15) is 13.2 Å². The molecule has 1 aromatic rings. The fourth-order valence-electron chi connectivity index (χ4n) is 0.827. The summed E-state index contributed by atoms with van der Waals surface area (Å²) in [6.45, 7) is 0. The minimum absolute atomic E-state index is 0.0965. The molecule has 1 aromatic heterocycles. The standard InChI is InChI=1S/C7H5F3INO/c1-13-3-2-12-7(10)5(11)4(3)6(8)9/h2,6H,1H3. The number of halogens is 4. The van der Waals surface area contributed by atoms with Gasteiger partial charge in [-0.2, -0.15) is 4.39 Å². The average molecular weight is 303 g/mol. The molecule has 0 aliphatic rings. The minimum Gasteiger partial charge on any atom is -0.495 e. The van der Waals surface area contributed by atoms with Crippen molar-refractivity contribution in [3.63, 3.8) is 0 Å². The Hall–Kier alpha value is -0.530. The number of methoxy groups -OCH3 is 1. The molecule has 0 aliphatic carbocycles. The van der Waals surface area contributed by atoms with E-state index >= 15 is 0 Å². The van der Waals surface area contributed by atoms with E-state index < -0.39 is 17.9 Å². The maximum absolute atomic E-state index is 12.7. The molecular weight excluding hydrogens is 298 g/mol. The largest absolute Gasteiger partial charge is 0.495 e. The molecule has 0 bridgehead atoms. The van der Waals surface area contributed by atoms with E-state index in [0.29, 0.717) is 0 Å². The van der Waals surface area contributed by atoms with Gasteiger partial charge in [-0.1, -0.05) is 0 Å². The zero-order valence-electron chi connectivity index (χ0n) is 6.52. The summed E-state index contributed by atoms with van der Waals surface area (Å²) in [5.74, 6) is -1.00. The van der Waals surface area contributed by atoms with Gasteiger partial charge in [-0.15, -0.1) is 0 Å². The molecule has 0 aromatic carbocycles. The second-order valence-electron chi connectivity index (χ2n) is 2.15. The van der Waals surface area contributed by atoms with Crippen molar-refractivity contribution in [1.29, 1.82) is 0 Å². The highest BCUT2D eigenvalue weighted by molar-refractivity contribution is 14.1. The van der Waals surface area contributed by atoms with Crippen LogP contribution in [-0.2, 0) is 0 Å². The first-order valence-electron chi connectivity index (χ1n) is 3.24. The van der Waals surface area contributed by atoms with Gasteiger partial charge < -0.3 is 4.74 Å². The van der Waals surface area contributed by atoms with Crippen LogP contribution in [0.25, 0.3) is 0 Å². The Balaban J connectivity index is 3.32. The summed E-state index contributed by atoms with van der Waals surface area (Å²) in [5.41, 5.74) is -0.449. The first-order chi connectivity index (χ1) is 6.07. The minimum atomic E-state index is -2.76.